The Morgan fingerprint density at radius 1 is 1.33 bits per heavy atom. The van der Waals surface area contributed by atoms with Gasteiger partial charge < -0.3 is 5.32 Å². The molecule has 2 aromatic heterocycles. The van der Waals surface area contributed by atoms with E-state index < -0.39 is 4.92 Å². The Labute approximate surface area is 138 Å². The summed E-state index contributed by atoms with van der Waals surface area (Å²) in [6.07, 6.45) is 4.40. The van der Waals surface area contributed by atoms with Crippen molar-refractivity contribution in [3.05, 3.63) is 76.5 Å². The molecule has 3 aromatic rings. The van der Waals surface area contributed by atoms with Crippen molar-refractivity contribution in [1.29, 1.82) is 0 Å². The minimum atomic E-state index is -0.434. The second-order valence-electron chi connectivity index (χ2n) is 5.34. The highest BCUT2D eigenvalue weighted by molar-refractivity contribution is 5.48. The Bertz CT molecular complexity index is 820. The van der Waals surface area contributed by atoms with Gasteiger partial charge in [0.15, 0.2) is 0 Å². The highest BCUT2D eigenvalue weighted by Crippen LogP contribution is 2.23. The van der Waals surface area contributed by atoms with Gasteiger partial charge in [-0.3, -0.25) is 14.8 Å². The van der Waals surface area contributed by atoms with Crippen molar-refractivity contribution < 1.29 is 4.92 Å². The second kappa shape index (κ2) is 6.86. The fourth-order valence-electron chi connectivity index (χ4n) is 2.43. The molecule has 0 amide bonds. The van der Waals surface area contributed by atoms with Gasteiger partial charge in [-0.2, -0.15) is 5.10 Å². The van der Waals surface area contributed by atoms with E-state index in [1.54, 1.807) is 24.0 Å². The molecule has 0 unspecified atom stereocenters. The van der Waals surface area contributed by atoms with Crippen LogP contribution in [0.1, 0.15) is 17.2 Å². The molecule has 8 heteroatoms. The average molecular weight is 324 g/mol. The Kier molecular flexibility index (Phi) is 4.46. The molecular formula is C16H16N6O2. The monoisotopic (exact) mass is 324 g/mol. The molecule has 0 fully saturated rings. The number of aryl methyl sites for hydroxylation is 1. The van der Waals surface area contributed by atoms with E-state index in [9.17, 15) is 10.1 Å². The van der Waals surface area contributed by atoms with E-state index in [0.717, 1.165) is 5.56 Å². The smallest absolute Gasteiger partial charge is 0.290 e. The lowest BCUT2D eigenvalue weighted by Gasteiger charge is -2.20. The first-order valence-electron chi connectivity index (χ1n) is 7.38. The lowest BCUT2D eigenvalue weighted by atomic mass is 10.1. The van der Waals surface area contributed by atoms with E-state index in [2.05, 4.69) is 20.4 Å². The first-order chi connectivity index (χ1) is 11.6. The van der Waals surface area contributed by atoms with Gasteiger partial charge in [0.05, 0.1) is 17.5 Å². The van der Waals surface area contributed by atoms with Gasteiger partial charge in [-0.25, -0.2) is 9.97 Å². The molecule has 2 heterocycles. The van der Waals surface area contributed by atoms with Crippen LogP contribution in [-0.2, 0) is 6.54 Å². The molecule has 1 aromatic carbocycles. The summed E-state index contributed by atoms with van der Waals surface area (Å²) in [6, 6.07) is 11.5. The zero-order valence-electron chi connectivity index (χ0n) is 13.0. The van der Waals surface area contributed by atoms with Crippen LogP contribution in [0.15, 0.2) is 55.2 Å². The van der Waals surface area contributed by atoms with Crippen molar-refractivity contribution in [2.45, 2.75) is 19.5 Å². The van der Waals surface area contributed by atoms with Gasteiger partial charge in [0.25, 0.3) is 5.69 Å². The predicted molar refractivity (Wildman–Crippen MR) is 88.5 cm³/mol. The minimum Gasteiger partial charge on any atom is -0.361 e. The molecule has 0 spiro atoms. The van der Waals surface area contributed by atoms with Crippen molar-refractivity contribution in [1.82, 2.24) is 19.7 Å². The van der Waals surface area contributed by atoms with Crippen molar-refractivity contribution in [3.63, 3.8) is 0 Å². The Hall–Kier alpha value is -3.29. The van der Waals surface area contributed by atoms with Crippen LogP contribution in [-0.4, -0.2) is 24.7 Å². The first kappa shape index (κ1) is 15.6. The second-order valence-corrected chi connectivity index (χ2v) is 5.34. The van der Waals surface area contributed by atoms with Crippen LogP contribution in [0.2, 0.25) is 0 Å². The zero-order valence-corrected chi connectivity index (χ0v) is 13.0. The van der Waals surface area contributed by atoms with Gasteiger partial charge in [0.1, 0.15) is 24.7 Å². The highest BCUT2D eigenvalue weighted by atomic mass is 16.6. The van der Waals surface area contributed by atoms with E-state index in [1.807, 2.05) is 30.3 Å². The lowest BCUT2D eigenvalue weighted by Crippen LogP contribution is -2.18. The maximum Gasteiger partial charge on any atom is 0.290 e. The van der Waals surface area contributed by atoms with E-state index in [1.165, 1.54) is 12.5 Å². The third-order valence-electron chi connectivity index (χ3n) is 3.64. The number of nitrogens with one attached hydrogen (secondary N) is 1. The summed E-state index contributed by atoms with van der Waals surface area (Å²) in [5.41, 5.74) is 1.63. The van der Waals surface area contributed by atoms with Crippen molar-refractivity contribution in [2.75, 3.05) is 5.32 Å². The third-order valence-corrected chi connectivity index (χ3v) is 3.64. The van der Waals surface area contributed by atoms with Crippen molar-refractivity contribution >= 4 is 11.5 Å². The molecule has 0 bridgehead atoms. The van der Waals surface area contributed by atoms with Crippen LogP contribution < -0.4 is 5.32 Å². The third kappa shape index (κ3) is 3.54. The molecule has 0 saturated carbocycles. The summed E-state index contributed by atoms with van der Waals surface area (Å²) in [4.78, 5) is 18.6. The Balaban J connectivity index is 1.86. The number of hydrogen-bond acceptors (Lipinski definition) is 6. The number of pyridine rings is 1. The summed E-state index contributed by atoms with van der Waals surface area (Å²) >= 11 is 0. The summed E-state index contributed by atoms with van der Waals surface area (Å²) in [5, 5.41) is 18.4. The van der Waals surface area contributed by atoms with E-state index >= 15 is 0 Å². The summed E-state index contributed by atoms with van der Waals surface area (Å²) in [5.74, 6) is 0.576. The lowest BCUT2D eigenvalue weighted by molar-refractivity contribution is -0.385. The molecular weight excluding hydrogens is 308 g/mol. The van der Waals surface area contributed by atoms with Crippen LogP contribution in [0.25, 0.3) is 0 Å². The van der Waals surface area contributed by atoms with E-state index in [0.29, 0.717) is 17.9 Å². The fraction of sp³-hybridized carbons (Fsp3) is 0.188. The average Bonchev–Trinajstić information content (AvgIpc) is 3.08. The summed E-state index contributed by atoms with van der Waals surface area (Å²) in [7, 11) is 0. The minimum absolute atomic E-state index is 0.00749. The fourth-order valence-corrected chi connectivity index (χ4v) is 2.43. The molecule has 0 radical (unpaired) electrons. The molecule has 3 rings (SSSR count). The maximum atomic E-state index is 10.9. The Morgan fingerprint density at radius 3 is 2.75 bits per heavy atom. The number of nitrogens with zero attached hydrogens (tertiary/aromatic N) is 5. The molecule has 1 N–H and O–H groups in total. The topological polar surface area (TPSA) is 98.8 Å². The van der Waals surface area contributed by atoms with Crippen molar-refractivity contribution in [2.24, 2.45) is 0 Å². The van der Waals surface area contributed by atoms with Gasteiger partial charge >= 0.3 is 0 Å². The number of hydrogen-bond donors (Lipinski definition) is 1. The van der Waals surface area contributed by atoms with E-state index in [-0.39, 0.29) is 11.7 Å². The molecule has 0 aliphatic carbocycles. The predicted octanol–water partition coefficient (Wildman–Crippen LogP) is 2.74. The van der Waals surface area contributed by atoms with Crippen LogP contribution in [0.3, 0.4) is 0 Å². The summed E-state index contributed by atoms with van der Waals surface area (Å²) in [6.45, 7) is 2.25. The first-order valence-corrected chi connectivity index (χ1v) is 7.38. The van der Waals surface area contributed by atoms with Gasteiger partial charge in [-0.05, 0) is 18.6 Å². The van der Waals surface area contributed by atoms with Crippen LogP contribution in [0.5, 0.6) is 0 Å². The van der Waals surface area contributed by atoms with Crippen LogP contribution >= 0.6 is 0 Å². The molecule has 8 nitrogen and oxygen atoms in total. The summed E-state index contributed by atoms with van der Waals surface area (Å²) < 4.78 is 1.73. The van der Waals surface area contributed by atoms with Gasteiger partial charge in [-0.1, -0.05) is 30.3 Å². The largest absolute Gasteiger partial charge is 0.361 e. The number of aromatic nitrogens is 4. The number of benzene rings is 1. The van der Waals surface area contributed by atoms with Gasteiger partial charge in [0, 0.05) is 5.56 Å². The van der Waals surface area contributed by atoms with Crippen molar-refractivity contribution in [3.8, 4) is 0 Å². The highest BCUT2D eigenvalue weighted by Gasteiger charge is 2.16. The zero-order chi connectivity index (χ0) is 16.9. The van der Waals surface area contributed by atoms with Crippen LogP contribution in [0, 0.1) is 17.0 Å². The molecule has 0 saturated heterocycles. The quantitative estimate of drug-likeness (QED) is 0.553. The molecule has 122 valence electrons. The molecule has 1 atom stereocenters. The number of anilines is 1. The normalized spacial score (nSPS) is 11.9. The maximum absolute atomic E-state index is 10.9. The Morgan fingerprint density at radius 2 is 2.12 bits per heavy atom. The number of rotatable bonds is 6. The van der Waals surface area contributed by atoms with Gasteiger partial charge in [-0.15, -0.1) is 0 Å². The SMILES string of the molecule is Cc1cc(N[C@@H](Cn2cncn2)c2ccccc2)ncc1[N+](=O)[O-]. The molecule has 0 aliphatic rings. The number of nitro groups is 1. The molecule has 24 heavy (non-hydrogen) atoms. The standard InChI is InChI=1S/C16H16N6O2/c1-12-7-16(18-8-15(12)22(23)24)20-14(9-21-11-17-10-19-21)13-5-3-2-4-6-13/h2-8,10-11,14H,9H2,1H3,(H,18,20)/t14-/m0/s1. The van der Waals surface area contributed by atoms with Crippen LogP contribution in [0.4, 0.5) is 11.5 Å². The van der Waals surface area contributed by atoms with Gasteiger partial charge in [0.2, 0.25) is 0 Å². The molecule has 0 aliphatic heterocycles. The van der Waals surface area contributed by atoms with E-state index in [4.69, 9.17) is 0 Å².